The standard InChI is InChI=1S/C15H18BrN5O2S2/c1-5-25-15-19-18-9(3)21(15)20-14(24)17-13(22)11-7-10(16)6-8(2)12(11)23-4/h6-7H,5H2,1-4H3,(H2,17,20,22,24). The van der Waals surface area contributed by atoms with Gasteiger partial charge in [-0.3, -0.25) is 15.5 Å². The highest BCUT2D eigenvalue weighted by Gasteiger charge is 2.18. The molecule has 2 aromatic rings. The van der Waals surface area contributed by atoms with E-state index in [4.69, 9.17) is 17.0 Å². The maximum atomic E-state index is 12.6. The molecule has 0 spiro atoms. The Morgan fingerprint density at radius 2 is 2.12 bits per heavy atom. The second-order valence-electron chi connectivity index (χ2n) is 5.00. The first-order valence-corrected chi connectivity index (χ1v) is 9.57. The van der Waals surface area contributed by atoms with Crippen molar-refractivity contribution in [2.45, 2.75) is 25.9 Å². The van der Waals surface area contributed by atoms with Gasteiger partial charge in [-0.2, -0.15) is 0 Å². The van der Waals surface area contributed by atoms with Gasteiger partial charge in [0.2, 0.25) is 5.16 Å². The Morgan fingerprint density at radius 1 is 1.40 bits per heavy atom. The number of amides is 1. The molecule has 1 aromatic heterocycles. The molecule has 0 bridgehead atoms. The SMILES string of the molecule is CCSc1nnc(C)n1NC(=S)NC(=O)c1cc(Br)cc(C)c1OC. The summed E-state index contributed by atoms with van der Waals surface area (Å²) in [5, 5.41) is 11.5. The fourth-order valence-electron chi connectivity index (χ4n) is 2.16. The summed E-state index contributed by atoms with van der Waals surface area (Å²) in [6.07, 6.45) is 0. The van der Waals surface area contributed by atoms with Crippen molar-refractivity contribution in [2.24, 2.45) is 0 Å². The summed E-state index contributed by atoms with van der Waals surface area (Å²) in [4.78, 5) is 12.6. The molecule has 0 saturated carbocycles. The van der Waals surface area contributed by atoms with Crippen LogP contribution in [-0.4, -0.2) is 38.8 Å². The highest BCUT2D eigenvalue weighted by Crippen LogP contribution is 2.27. The Morgan fingerprint density at radius 3 is 2.76 bits per heavy atom. The van der Waals surface area contributed by atoms with Gasteiger partial charge in [-0.25, -0.2) is 4.68 Å². The summed E-state index contributed by atoms with van der Waals surface area (Å²) in [5.41, 5.74) is 4.16. The summed E-state index contributed by atoms with van der Waals surface area (Å²) in [6, 6.07) is 3.56. The van der Waals surface area contributed by atoms with Crippen LogP contribution in [0.3, 0.4) is 0 Å². The first-order valence-electron chi connectivity index (χ1n) is 7.38. The summed E-state index contributed by atoms with van der Waals surface area (Å²) in [7, 11) is 1.53. The molecule has 1 amide bonds. The number of nitrogens with zero attached hydrogens (tertiary/aromatic N) is 3. The van der Waals surface area contributed by atoms with Crippen molar-refractivity contribution in [2.75, 3.05) is 18.3 Å². The van der Waals surface area contributed by atoms with Crippen LogP contribution in [0.2, 0.25) is 0 Å². The van der Waals surface area contributed by atoms with E-state index in [0.29, 0.717) is 22.3 Å². The predicted molar refractivity (Wildman–Crippen MR) is 106 cm³/mol. The van der Waals surface area contributed by atoms with E-state index in [1.54, 1.807) is 17.7 Å². The van der Waals surface area contributed by atoms with Crippen LogP contribution in [0.1, 0.15) is 28.7 Å². The van der Waals surface area contributed by atoms with Crippen molar-refractivity contribution in [3.63, 3.8) is 0 Å². The minimum Gasteiger partial charge on any atom is -0.496 e. The van der Waals surface area contributed by atoms with E-state index in [0.717, 1.165) is 15.8 Å². The van der Waals surface area contributed by atoms with Crippen molar-refractivity contribution in [3.8, 4) is 5.75 Å². The molecule has 0 saturated heterocycles. The van der Waals surface area contributed by atoms with Gasteiger partial charge in [0.1, 0.15) is 11.6 Å². The number of nitrogens with one attached hydrogen (secondary N) is 2. The molecule has 25 heavy (non-hydrogen) atoms. The molecular formula is C15H18BrN5O2S2. The van der Waals surface area contributed by atoms with Crippen LogP contribution in [0.15, 0.2) is 21.8 Å². The average molecular weight is 444 g/mol. The van der Waals surface area contributed by atoms with Crippen LogP contribution in [0, 0.1) is 13.8 Å². The molecule has 0 fully saturated rings. The fraction of sp³-hybridized carbons (Fsp3) is 0.333. The summed E-state index contributed by atoms with van der Waals surface area (Å²) < 4.78 is 7.76. The number of halogens is 1. The Kier molecular flexibility index (Phi) is 6.79. The number of hydrogen-bond acceptors (Lipinski definition) is 6. The number of rotatable bonds is 5. The third kappa shape index (κ3) is 4.71. The normalized spacial score (nSPS) is 10.4. The number of carbonyl (C=O) groups excluding carboxylic acids is 1. The van der Waals surface area contributed by atoms with Crippen molar-refractivity contribution in [1.82, 2.24) is 20.2 Å². The third-order valence-electron chi connectivity index (χ3n) is 3.20. The van der Waals surface area contributed by atoms with Crippen molar-refractivity contribution < 1.29 is 9.53 Å². The summed E-state index contributed by atoms with van der Waals surface area (Å²) in [6.45, 7) is 5.68. The maximum Gasteiger partial charge on any atom is 0.261 e. The minimum atomic E-state index is -0.367. The number of aryl methyl sites for hydroxylation is 2. The van der Waals surface area contributed by atoms with Crippen LogP contribution in [0.25, 0.3) is 0 Å². The van der Waals surface area contributed by atoms with Gasteiger partial charge in [-0.05, 0) is 49.5 Å². The van der Waals surface area contributed by atoms with E-state index in [1.807, 2.05) is 19.9 Å². The Hall–Kier alpha value is -1.65. The molecular weight excluding hydrogens is 426 g/mol. The third-order valence-corrected chi connectivity index (χ3v) is 4.66. The van der Waals surface area contributed by atoms with Crippen molar-refractivity contribution in [1.29, 1.82) is 0 Å². The van der Waals surface area contributed by atoms with Gasteiger partial charge in [0.05, 0.1) is 12.7 Å². The predicted octanol–water partition coefficient (Wildman–Crippen LogP) is 3.04. The quantitative estimate of drug-likeness (QED) is 0.542. The first kappa shape index (κ1) is 19.7. The van der Waals surface area contributed by atoms with Crippen LogP contribution < -0.4 is 15.5 Å². The largest absolute Gasteiger partial charge is 0.496 e. The smallest absolute Gasteiger partial charge is 0.261 e. The zero-order valence-corrected chi connectivity index (χ0v) is 17.4. The number of thioether (sulfide) groups is 1. The lowest BCUT2D eigenvalue weighted by Crippen LogP contribution is -2.38. The Balaban J connectivity index is 2.16. The molecule has 0 aliphatic carbocycles. The lowest BCUT2D eigenvalue weighted by Gasteiger charge is -2.15. The molecule has 2 rings (SSSR count). The number of ether oxygens (including phenoxy) is 1. The van der Waals surface area contributed by atoms with Gasteiger partial charge in [-0.15, -0.1) is 10.2 Å². The Bertz CT molecular complexity index is 809. The number of methoxy groups -OCH3 is 1. The lowest BCUT2D eigenvalue weighted by atomic mass is 10.1. The number of benzene rings is 1. The van der Waals surface area contributed by atoms with E-state index < -0.39 is 0 Å². The van der Waals surface area contributed by atoms with Crippen molar-refractivity contribution >= 4 is 50.9 Å². The number of aromatic nitrogens is 3. The molecule has 1 heterocycles. The molecule has 0 unspecified atom stereocenters. The van der Waals surface area contributed by atoms with E-state index in [-0.39, 0.29) is 11.0 Å². The van der Waals surface area contributed by atoms with Crippen LogP contribution in [0.5, 0.6) is 5.75 Å². The second-order valence-corrected chi connectivity index (χ2v) is 7.55. The molecule has 1 aromatic carbocycles. The monoisotopic (exact) mass is 443 g/mol. The van der Waals surface area contributed by atoms with Gasteiger partial charge in [0.25, 0.3) is 5.91 Å². The van der Waals surface area contributed by atoms with Crippen LogP contribution in [-0.2, 0) is 0 Å². The topological polar surface area (TPSA) is 81.1 Å². The lowest BCUT2D eigenvalue weighted by molar-refractivity contribution is 0.0974. The summed E-state index contributed by atoms with van der Waals surface area (Å²) in [5.74, 6) is 1.62. The van der Waals surface area contributed by atoms with Crippen LogP contribution in [0.4, 0.5) is 0 Å². The van der Waals surface area contributed by atoms with Gasteiger partial charge in [0, 0.05) is 4.47 Å². The van der Waals surface area contributed by atoms with E-state index >= 15 is 0 Å². The Labute approximate surface area is 164 Å². The van der Waals surface area contributed by atoms with Gasteiger partial charge < -0.3 is 4.74 Å². The van der Waals surface area contributed by atoms with E-state index in [9.17, 15) is 4.79 Å². The maximum absolute atomic E-state index is 12.6. The average Bonchev–Trinajstić information content (AvgIpc) is 2.87. The molecule has 2 N–H and O–H groups in total. The molecule has 0 atom stereocenters. The number of carbonyl (C=O) groups is 1. The van der Waals surface area contributed by atoms with Gasteiger partial charge in [0.15, 0.2) is 5.11 Å². The molecule has 0 aliphatic heterocycles. The minimum absolute atomic E-state index is 0.144. The molecule has 10 heteroatoms. The molecule has 0 radical (unpaired) electrons. The highest BCUT2D eigenvalue weighted by molar-refractivity contribution is 9.10. The van der Waals surface area contributed by atoms with E-state index in [1.165, 1.54) is 18.9 Å². The number of hydrogen-bond donors (Lipinski definition) is 2. The van der Waals surface area contributed by atoms with Gasteiger partial charge in [-0.1, -0.05) is 34.6 Å². The van der Waals surface area contributed by atoms with Crippen molar-refractivity contribution in [3.05, 3.63) is 33.6 Å². The summed E-state index contributed by atoms with van der Waals surface area (Å²) >= 11 is 10.2. The first-order chi connectivity index (χ1) is 11.9. The number of thiocarbonyl (C=S) groups is 1. The zero-order chi connectivity index (χ0) is 18.6. The van der Waals surface area contributed by atoms with Crippen LogP contribution >= 0.6 is 39.9 Å². The fourth-order valence-corrected chi connectivity index (χ4v) is 3.58. The van der Waals surface area contributed by atoms with E-state index in [2.05, 4.69) is 36.9 Å². The van der Waals surface area contributed by atoms with Gasteiger partial charge >= 0.3 is 0 Å². The second kappa shape index (κ2) is 8.63. The molecule has 0 aliphatic rings. The molecule has 7 nitrogen and oxygen atoms in total. The zero-order valence-electron chi connectivity index (χ0n) is 14.2. The molecule has 134 valence electrons. The highest BCUT2D eigenvalue weighted by atomic mass is 79.9.